The highest BCUT2D eigenvalue weighted by atomic mass is 35.5. The summed E-state index contributed by atoms with van der Waals surface area (Å²) in [4.78, 5) is 26.2. The molecule has 0 atom stereocenters. The average molecular weight is 359 g/mol. The van der Waals surface area contributed by atoms with Gasteiger partial charge in [-0.3, -0.25) is 9.59 Å². The molecule has 1 aromatic rings. The fraction of sp³-hybridized carbons (Fsp3) is 0.500. The van der Waals surface area contributed by atoms with Crippen molar-refractivity contribution in [3.05, 3.63) is 33.8 Å². The smallest absolute Gasteiger partial charge is 0.255 e. The third kappa shape index (κ3) is 4.83. The lowest BCUT2D eigenvalue weighted by Crippen LogP contribution is -2.43. The highest BCUT2D eigenvalue weighted by Crippen LogP contribution is 2.25. The summed E-state index contributed by atoms with van der Waals surface area (Å²) in [5.74, 6) is -0.223. The predicted octanol–water partition coefficient (Wildman–Crippen LogP) is 2.34. The van der Waals surface area contributed by atoms with E-state index in [-0.39, 0.29) is 24.3 Å². The second-order valence-electron chi connectivity index (χ2n) is 5.56. The van der Waals surface area contributed by atoms with Gasteiger partial charge in [-0.2, -0.15) is 0 Å². The van der Waals surface area contributed by atoms with Crippen molar-refractivity contribution in [2.24, 2.45) is 5.92 Å². The number of aliphatic hydroxyl groups is 1. The van der Waals surface area contributed by atoms with Crippen LogP contribution in [0.25, 0.3) is 0 Å². The zero-order chi connectivity index (χ0) is 16.8. The first kappa shape index (κ1) is 18.0. The van der Waals surface area contributed by atoms with E-state index in [0.717, 1.165) is 0 Å². The van der Waals surface area contributed by atoms with Crippen molar-refractivity contribution in [1.82, 2.24) is 10.2 Å². The summed E-state index contributed by atoms with van der Waals surface area (Å²) >= 11 is 11.9. The first-order valence-electron chi connectivity index (χ1n) is 7.66. The molecular formula is C16H20Cl2N2O3. The molecule has 0 aromatic heterocycles. The number of aliphatic hydroxyl groups excluding tert-OH is 1. The number of piperidine rings is 1. The van der Waals surface area contributed by atoms with Crippen LogP contribution in [0.5, 0.6) is 0 Å². The SMILES string of the molecule is O=C(NCCCO)C1CCN(C(=O)c2ccc(Cl)cc2Cl)CC1. The number of rotatable bonds is 5. The van der Waals surface area contributed by atoms with Crippen LogP contribution in [0, 0.1) is 5.92 Å². The summed E-state index contributed by atoms with van der Waals surface area (Å²) in [6, 6.07) is 4.82. The molecule has 2 amide bonds. The Morgan fingerprint density at radius 3 is 2.57 bits per heavy atom. The number of amides is 2. The Bertz CT molecular complexity index is 572. The normalized spacial score (nSPS) is 15.5. The average Bonchev–Trinajstić information content (AvgIpc) is 2.54. The molecule has 1 fully saturated rings. The van der Waals surface area contributed by atoms with Crippen LogP contribution in [-0.2, 0) is 4.79 Å². The fourth-order valence-electron chi connectivity index (χ4n) is 2.61. The summed E-state index contributed by atoms with van der Waals surface area (Å²) in [6.07, 6.45) is 1.81. The van der Waals surface area contributed by atoms with Gasteiger partial charge in [-0.1, -0.05) is 23.2 Å². The van der Waals surface area contributed by atoms with E-state index in [1.165, 1.54) is 0 Å². The van der Waals surface area contributed by atoms with Gasteiger partial charge < -0.3 is 15.3 Å². The summed E-state index contributed by atoms with van der Waals surface area (Å²) in [5.41, 5.74) is 0.432. The van der Waals surface area contributed by atoms with E-state index in [9.17, 15) is 9.59 Å². The molecule has 126 valence electrons. The topological polar surface area (TPSA) is 69.6 Å². The summed E-state index contributed by atoms with van der Waals surface area (Å²) < 4.78 is 0. The van der Waals surface area contributed by atoms with Crippen molar-refractivity contribution in [1.29, 1.82) is 0 Å². The number of benzene rings is 1. The predicted molar refractivity (Wildman–Crippen MR) is 89.8 cm³/mol. The van der Waals surface area contributed by atoms with Crippen molar-refractivity contribution in [2.45, 2.75) is 19.3 Å². The molecule has 7 heteroatoms. The first-order chi connectivity index (χ1) is 11.0. The van der Waals surface area contributed by atoms with Gasteiger partial charge in [0.15, 0.2) is 0 Å². The van der Waals surface area contributed by atoms with E-state index in [1.54, 1.807) is 23.1 Å². The summed E-state index contributed by atoms with van der Waals surface area (Å²) in [5, 5.41) is 12.4. The lowest BCUT2D eigenvalue weighted by Gasteiger charge is -2.31. The zero-order valence-electron chi connectivity index (χ0n) is 12.7. The van der Waals surface area contributed by atoms with Crippen LogP contribution in [0.15, 0.2) is 18.2 Å². The molecule has 23 heavy (non-hydrogen) atoms. The van der Waals surface area contributed by atoms with Gasteiger partial charge in [0, 0.05) is 37.2 Å². The Morgan fingerprint density at radius 1 is 1.26 bits per heavy atom. The molecule has 0 radical (unpaired) electrons. The van der Waals surface area contributed by atoms with Gasteiger partial charge in [0.2, 0.25) is 5.91 Å². The minimum Gasteiger partial charge on any atom is -0.396 e. The Labute approximate surface area is 145 Å². The monoisotopic (exact) mass is 358 g/mol. The van der Waals surface area contributed by atoms with Crippen molar-refractivity contribution in [2.75, 3.05) is 26.2 Å². The number of hydrogen-bond acceptors (Lipinski definition) is 3. The molecule has 0 aliphatic carbocycles. The minimum absolute atomic E-state index is 0.00456. The Morgan fingerprint density at radius 2 is 1.96 bits per heavy atom. The molecule has 0 unspecified atom stereocenters. The van der Waals surface area contributed by atoms with E-state index in [0.29, 0.717) is 54.5 Å². The first-order valence-corrected chi connectivity index (χ1v) is 8.41. The molecule has 1 aliphatic rings. The van der Waals surface area contributed by atoms with E-state index >= 15 is 0 Å². The molecule has 0 saturated carbocycles. The maximum absolute atomic E-state index is 12.5. The molecule has 5 nitrogen and oxygen atoms in total. The number of nitrogens with one attached hydrogen (secondary N) is 1. The van der Waals surface area contributed by atoms with Gasteiger partial charge in [0.05, 0.1) is 10.6 Å². The molecular weight excluding hydrogens is 339 g/mol. The maximum Gasteiger partial charge on any atom is 0.255 e. The van der Waals surface area contributed by atoms with Crippen molar-refractivity contribution < 1.29 is 14.7 Å². The summed E-state index contributed by atoms with van der Waals surface area (Å²) in [6.45, 7) is 1.59. The molecule has 1 heterocycles. The number of carbonyl (C=O) groups is 2. The molecule has 0 spiro atoms. The second-order valence-corrected chi connectivity index (χ2v) is 6.40. The Balaban J connectivity index is 1.88. The van der Waals surface area contributed by atoms with E-state index < -0.39 is 0 Å². The van der Waals surface area contributed by atoms with Crippen LogP contribution in [0.2, 0.25) is 10.0 Å². The van der Waals surface area contributed by atoms with Crippen LogP contribution in [-0.4, -0.2) is 48.1 Å². The van der Waals surface area contributed by atoms with Crippen molar-refractivity contribution >= 4 is 35.0 Å². The third-order valence-corrected chi connectivity index (χ3v) is 4.50. The van der Waals surface area contributed by atoms with Gasteiger partial charge in [0.1, 0.15) is 0 Å². The Hall–Kier alpha value is -1.30. The van der Waals surface area contributed by atoms with Gasteiger partial charge >= 0.3 is 0 Å². The standard InChI is InChI=1S/C16H20Cl2N2O3/c17-12-2-3-13(14(18)10-12)16(23)20-7-4-11(5-8-20)15(22)19-6-1-9-21/h2-3,10-11,21H,1,4-9H2,(H,19,22). The summed E-state index contributed by atoms with van der Waals surface area (Å²) in [7, 11) is 0. The number of carbonyl (C=O) groups excluding carboxylic acids is 2. The third-order valence-electron chi connectivity index (χ3n) is 3.95. The molecule has 1 saturated heterocycles. The van der Waals surface area contributed by atoms with Gasteiger partial charge in [-0.05, 0) is 37.5 Å². The van der Waals surface area contributed by atoms with Gasteiger partial charge in [0.25, 0.3) is 5.91 Å². The van der Waals surface area contributed by atoms with Crippen molar-refractivity contribution in [3.63, 3.8) is 0 Å². The molecule has 0 bridgehead atoms. The van der Waals surface area contributed by atoms with E-state index in [4.69, 9.17) is 28.3 Å². The quantitative estimate of drug-likeness (QED) is 0.793. The lowest BCUT2D eigenvalue weighted by atomic mass is 9.95. The largest absolute Gasteiger partial charge is 0.396 e. The Kier molecular flexibility index (Phi) is 6.69. The van der Waals surface area contributed by atoms with Crippen LogP contribution >= 0.6 is 23.2 Å². The number of nitrogens with zero attached hydrogens (tertiary/aromatic N) is 1. The fourth-order valence-corrected chi connectivity index (χ4v) is 3.10. The highest BCUT2D eigenvalue weighted by molar-refractivity contribution is 6.36. The number of halogens is 2. The minimum atomic E-state index is -0.134. The lowest BCUT2D eigenvalue weighted by molar-refractivity contribution is -0.126. The van der Waals surface area contributed by atoms with E-state index in [2.05, 4.69) is 5.32 Å². The van der Waals surface area contributed by atoms with Crippen LogP contribution in [0.4, 0.5) is 0 Å². The molecule has 2 rings (SSSR count). The molecule has 2 N–H and O–H groups in total. The molecule has 1 aliphatic heterocycles. The molecule has 1 aromatic carbocycles. The number of likely N-dealkylation sites (tertiary alicyclic amines) is 1. The van der Waals surface area contributed by atoms with E-state index in [1.807, 2.05) is 0 Å². The van der Waals surface area contributed by atoms with Gasteiger partial charge in [-0.25, -0.2) is 0 Å². The number of hydrogen-bond donors (Lipinski definition) is 2. The van der Waals surface area contributed by atoms with Gasteiger partial charge in [-0.15, -0.1) is 0 Å². The highest BCUT2D eigenvalue weighted by Gasteiger charge is 2.28. The second kappa shape index (κ2) is 8.52. The zero-order valence-corrected chi connectivity index (χ0v) is 14.2. The van der Waals surface area contributed by atoms with Crippen LogP contribution in [0.1, 0.15) is 29.6 Å². The van der Waals surface area contributed by atoms with Crippen LogP contribution < -0.4 is 5.32 Å². The maximum atomic E-state index is 12.5. The van der Waals surface area contributed by atoms with Crippen LogP contribution in [0.3, 0.4) is 0 Å². The van der Waals surface area contributed by atoms with Crippen molar-refractivity contribution in [3.8, 4) is 0 Å².